The van der Waals surface area contributed by atoms with Crippen molar-refractivity contribution >= 4 is 29.7 Å². The van der Waals surface area contributed by atoms with E-state index in [0.29, 0.717) is 39.1 Å². The lowest BCUT2D eigenvalue weighted by Crippen LogP contribution is -2.33. The molecule has 3 aromatic rings. The highest BCUT2D eigenvalue weighted by atomic mass is 35.5. The minimum Gasteiger partial charge on any atom is -0.493 e. The third-order valence-electron chi connectivity index (χ3n) is 4.58. The minimum atomic E-state index is -0.769. The first kappa shape index (κ1) is 24.6. The number of halogens is 1. The number of nitrogens with one attached hydrogen (secondary N) is 1. The van der Waals surface area contributed by atoms with Crippen LogP contribution in [-0.4, -0.2) is 38.4 Å². The Morgan fingerprint density at radius 3 is 2.35 bits per heavy atom. The van der Waals surface area contributed by atoms with E-state index in [2.05, 4.69) is 10.5 Å². The third kappa shape index (κ3) is 6.73. The Labute approximate surface area is 202 Å². The predicted octanol–water partition coefficient (Wildman–Crippen LogP) is 4.49. The van der Waals surface area contributed by atoms with Crippen LogP contribution in [0.3, 0.4) is 0 Å². The van der Waals surface area contributed by atoms with Crippen molar-refractivity contribution in [1.29, 1.82) is 0 Å². The van der Waals surface area contributed by atoms with Gasteiger partial charge >= 0.3 is 5.97 Å². The molecule has 34 heavy (non-hydrogen) atoms. The average molecular weight is 483 g/mol. The average Bonchev–Trinajstić information content (AvgIpc) is 2.84. The van der Waals surface area contributed by atoms with Gasteiger partial charge in [-0.1, -0.05) is 17.7 Å². The molecule has 0 saturated carbocycles. The monoisotopic (exact) mass is 482 g/mol. The number of rotatable bonds is 9. The Morgan fingerprint density at radius 2 is 1.68 bits per heavy atom. The van der Waals surface area contributed by atoms with E-state index >= 15 is 0 Å². The molecular formula is C25H23ClN2O6. The van der Waals surface area contributed by atoms with E-state index in [1.807, 2.05) is 0 Å². The fourth-order valence-electron chi connectivity index (χ4n) is 2.81. The molecule has 0 aliphatic heterocycles. The van der Waals surface area contributed by atoms with Crippen LogP contribution in [0.1, 0.15) is 22.8 Å². The van der Waals surface area contributed by atoms with Gasteiger partial charge in [-0.15, -0.1) is 0 Å². The van der Waals surface area contributed by atoms with Crippen LogP contribution < -0.4 is 24.4 Å². The number of esters is 1. The molecule has 0 heterocycles. The number of carbonyl (C=O) groups is 2. The van der Waals surface area contributed by atoms with E-state index in [9.17, 15) is 9.59 Å². The van der Waals surface area contributed by atoms with Gasteiger partial charge in [0.15, 0.2) is 17.6 Å². The summed E-state index contributed by atoms with van der Waals surface area (Å²) in [6.07, 6.45) is 0.693. The van der Waals surface area contributed by atoms with E-state index in [-0.39, 0.29) is 0 Å². The molecule has 0 radical (unpaired) electrons. The van der Waals surface area contributed by atoms with Crippen molar-refractivity contribution < 1.29 is 28.5 Å². The second-order valence-corrected chi connectivity index (χ2v) is 7.42. The molecule has 9 heteroatoms. The van der Waals surface area contributed by atoms with Crippen LogP contribution in [-0.2, 0) is 4.79 Å². The topological polar surface area (TPSA) is 95.5 Å². The molecule has 0 aliphatic carbocycles. The lowest BCUT2D eigenvalue weighted by molar-refractivity contribution is -0.127. The Morgan fingerprint density at radius 1 is 0.941 bits per heavy atom. The van der Waals surface area contributed by atoms with E-state index in [0.717, 1.165) is 0 Å². The van der Waals surface area contributed by atoms with Crippen molar-refractivity contribution in [3.63, 3.8) is 0 Å². The largest absolute Gasteiger partial charge is 0.493 e. The zero-order valence-electron chi connectivity index (χ0n) is 18.8. The third-order valence-corrected chi connectivity index (χ3v) is 4.81. The summed E-state index contributed by atoms with van der Waals surface area (Å²) < 4.78 is 21.3. The van der Waals surface area contributed by atoms with E-state index in [1.165, 1.54) is 20.4 Å². The van der Waals surface area contributed by atoms with E-state index < -0.39 is 18.0 Å². The number of ether oxygens (including phenoxy) is 4. The maximum Gasteiger partial charge on any atom is 0.343 e. The first-order chi connectivity index (χ1) is 16.4. The molecule has 0 aliphatic rings. The molecule has 1 unspecified atom stereocenters. The Hall–Kier alpha value is -4.04. The van der Waals surface area contributed by atoms with Crippen molar-refractivity contribution in [3.05, 3.63) is 82.9 Å². The molecule has 1 N–H and O–H groups in total. The van der Waals surface area contributed by atoms with Crippen LogP contribution in [0.2, 0.25) is 5.02 Å². The summed E-state index contributed by atoms with van der Waals surface area (Å²) in [4.78, 5) is 24.6. The van der Waals surface area contributed by atoms with Gasteiger partial charge in [-0.3, -0.25) is 4.79 Å². The predicted molar refractivity (Wildman–Crippen MR) is 128 cm³/mol. The number of amides is 1. The molecule has 3 aromatic carbocycles. The van der Waals surface area contributed by atoms with Crippen molar-refractivity contribution in [1.82, 2.24) is 5.43 Å². The SMILES string of the molecule is COc1ccc(C(=O)Oc2ccc(C=NNC(=O)C(C)Oc3cccc(Cl)c3)cc2)cc1OC. The van der Waals surface area contributed by atoms with Crippen LogP contribution in [0.4, 0.5) is 0 Å². The molecule has 1 amide bonds. The molecule has 0 fully saturated rings. The smallest absolute Gasteiger partial charge is 0.343 e. The zero-order valence-corrected chi connectivity index (χ0v) is 19.5. The summed E-state index contributed by atoms with van der Waals surface area (Å²) in [5.74, 6) is 0.819. The fraction of sp³-hybridized carbons (Fsp3) is 0.160. The van der Waals surface area contributed by atoms with Gasteiger partial charge in [0.25, 0.3) is 5.91 Å². The maximum atomic E-state index is 12.4. The normalized spacial score (nSPS) is 11.5. The summed E-state index contributed by atoms with van der Waals surface area (Å²) in [5.41, 5.74) is 3.43. The Kier molecular flexibility index (Phi) is 8.48. The zero-order chi connectivity index (χ0) is 24.5. The molecule has 1 atom stereocenters. The van der Waals surface area contributed by atoms with Crippen molar-refractivity contribution in [2.45, 2.75) is 13.0 Å². The summed E-state index contributed by atoms with van der Waals surface area (Å²) in [6.45, 7) is 1.60. The molecule has 3 rings (SSSR count). The van der Waals surface area contributed by atoms with Crippen LogP contribution in [0.5, 0.6) is 23.0 Å². The number of hydrogen-bond acceptors (Lipinski definition) is 7. The maximum absolute atomic E-state index is 12.4. The Bertz CT molecular complexity index is 1180. The highest BCUT2D eigenvalue weighted by molar-refractivity contribution is 6.30. The summed E-state index contributed by atoms with van der Waals surface area (Å²) in [6, 6.07) is 18.2. The van der Waals surface area contributed by atoms with E-state index in [1.54, 1.807) is 73.7 Å². The van der Waals surface area contributed by atoms with Crippen molar-refractivity contribution in [3.8, 4) is 23.0 Å². The van der Waals surface area contributed by atoms with Crippen LogP contribution in [0, 0.1) is 0 Å². The Balaban J connectivity index is 1.53. The van der Waals surface area contributed by atoms with Crippen molar-refractivity contribution in [2.75, 3.05) is 14.2 Å². The number of carbonyl (C=O) groups excluding carboxylic acids is 2. The van der Waals surface area contributed by atoms with Gasteiger partial charge in [0.05, 0.1) is 26.0 Å². The second-order valence-electron chi connectivity index (χ2n) is 6.98. The molecule has 8 nitrogen and oxygen atoms in total. The molecule has 176 valence electrons. The highest BCUT2D eigenvalue weighted by Crippen LogP contribution is 2.28. The number of nitrogens with zero attached hydrogens (tertiary/aromatic N) is 1. The second kappa shape index (κ2) is 11.7. The molecule has 0 saturated heterocycles. The minimum absolute atomic E-state index is 0.320. The van der Waals surface area contributed by atoms with E-state index in [4.69, 9.17) is 30.5 Å². The van der Waals surface area contributed by atoms with Crippen molar-refractivity contribution in [2.24, 2.45) is 5.10 Å². The summed E-state index contributed by atoms with van der Waals surface area (Å²) in [5, 5.41) is 4.45. The molecule has 0 aromatic heterocycles. The van der Waals surface area contributed by atoms with Crippen LogP contribution in [0.15, 0.2) is 71.8 Å². The highest BCUT2D eigenvalue weighted by Gasteiger charge is 2.14. The van der Waals surface area contributed by atoms with Gasteiger partial charge in [-0.05, 0) is 73.2 Å². The van der Waals surface area contributed by atoms with Gasteiger partial charge in [0.1, 0.15) is 11.5 Å². The van der Waals surface area contributed by atoms with Crippen LogP contribution in [0.25, 0.3) is 0 Å². The van der Waals surface area contributed by atoms with Gasteiger partial charge in [0.2, 0.25) is 0 Å². The molecular weight excluding hydrogens is 460 g/mol. The fourth-order valence-corrected chi connectivity index (χ4v) is 2.99. The van der Waals surface area contributed by atoms with Gasteiger partial charge in [-0.25, -0.2) is 10.2 Å². The summed E-state index contributed by atoms with van der Waals surface area (Å²) >= 11 is 5.91. The standard InChI is InChI=1S/C25H23ClN2O6/c1-16(33-21-6-4-5-19(26)14-21)24(29)28-27-15-17-7-10-20(11-8-17)34-25(30)18-9-12-22(31-2)23(13-18)32-3/h4-16H,1-3H3,(H,28,29). The quantitative estimate of drug-likeness (QED) is 0.209. The van der Waals surface area contributed by atoms with Crippen LogP contribution >= 0.6 is 11.6 Å². The molecule has 0 spiro atoms. The summed E-state index contributed by atoms with van der Waals surface area (Å²) in [7, 11) is 3.00. The van der Waals surface area contributed by atoms with Gasteiger partial charge in [-0.2, -0.15) is 5.10 Å². The number of benzene rings is 3. The number of hydrogen-bond donors (Lipinski definition) is 1. The number of methoxy groups -OCH3 is 2. The molecule has 0 bridgehead atoms. The lowest BCUT2D eigenvalue weighted by Gasteiger charge is -2.12. The van der Waals surface area contributed by atoms with Gasteiger partial charge < -0.3 is 18.9 Å². The van der Waals surface area contributed by atoms with Gasteiger partial charge in [0, 0.05) is 5.02 Å². The first-order valence-corrected chi connectivity index (χ1v) is 10.6. The lowest BCUT2D eigenvalue weighted by atomic mass is 10.2. The number of hydrazone groups is 1. The first-order valence-electron chi connectivity index (χ1n) is 10.2.